The first kappa shape index (κ1) is 20.9. The molecule has 0 aliphatic rings. The van der Waals surface area contributed by atoms with E-state index in [-0.39, 0.29) is 14.9 Å². The highest BCUT2D eigenvalue weighted by Crippen LogP contribution is 2.58. The molecule has 144 valence electrons. The van der Waals surface area contributed by atoms with Crippen LogP contribution in [0.2, 0.25) is 0 Å². The number of hydrogen-bond donors (Lipinski definition) is 0. The summed E-state index contributed by atoms with van der Waals surface area (Å²) in [5, 5.41) is 0. The lowest BCUT2D eigenvalue weighted by Gasteiger charge is -2.32. The number of benzene rings is 1. The smallest absolute Gasteiger partial charge is 0.453 e. The van der Waals surface area contributed by atoms with Gasteiger partial charge in [-0.3, -0.25) is 0 Å². The van der Waals surface area contributed by atoms with Gasteiger partial charge in [-0.15, -0.1) is 0 Å². The van der Waals surface area contributed by atoms with Crippen LogP contribution >= 0.6 is 22.6 Å². The minimum Gasteiger partial charge on any atom is -0.453 e. The average Bonchev–Trinajstić information content (AvgIpc) is 2.83. The van der Waals surface area contributed by atoms with Gasteiger partial charge >= 0.3 is 23.9 Å². The molecular formula is C15H8F9IO. The summed E-state index contributed by atoms with van der Waals surface area (Å²) in [6, 6.07) is 7.22. The normalized spacial score (nSPS) is 14.0. The molecule has 2 rings (SSSR count). The summed E-state index contributed by atoms with van der Waals surface area (Å²) in [6.45, 7) is 0.864. The second kappa shape index (κ2) is 6.34. The predicted octanol–water partition coefficient (Wildman–Crippen LogP) is 6.78. The second-order valence-corrected chi connectivity index (χ2v) is 6.37. The largest absolute Gasteiger partial charge is 0.460 e. The zero-order chi connectivity index (χ0) is 20.1. The molecular weight excluding hydrogens is 494 g/mol. The van der Waals surface area contributed by atoms with Crippen molar-refractivity contribution in [2.75, 3.05) is 0 Å². The summed E-state index contributed by atoms with van der Waals surface area (Å²) >= 11 is 1.45. The maximum atomic E-state index is 14.1. The topological polar surface area (TPSA) is 13.1 Å². The molecule has 0 aliphatic carbocycles. The fraction of sp³-hybridized carbons (Fsp3) is 0.333. The van der Waals surface area contributed by atoms with Gasteiger partial charge in [0.15, 0.2) is 5.76 Å². The van der Waals surface area contributed by atoms with Gasteiger partial charge in [-0.2, -0.15) is 39.5 Å². The number of rotatable bonds is 4. The van der Waals surface area contributed by atoms with Crippen molar-refractivity contribution in [3.8, 4) is 11.3 Å². The lowest BCUT2D eigenvalue weighted by molar-refractivity contribution is -0.401. The van der Waals surface area contributed by atoms with Crippen molar-refractivity contribution in [1.82, 2.24) is 0 Å². The Bertz CT molecular complexity index is 793. The number of alkyl halides is 9. The van der Waals surface area contributed by atoms with Crippen LogP contribution in [0.5, 0.6) is 0 Å². The summed E-state index contributed by atoms with van der Waals surface area (Å²) < 4.78 is 123. The van der Waals surface area contributed by atoms with Crippen LogP contribution in [0.25, 0.3) is 11.3 Å². The summed E-state index contributed by atoms with van der Waals surface area (Å²) in [5.74, 6) is -21.9. The molecule has 1 heterocycles. The van der Waals surface area contributed by atoms with Crippen LogP contribution in [0.1, 0.15) is 11.3 Å². The molecule has 0 bridgehead atoms. The molecule has 0 radical (unpaired) electrons. The average molecular weight is 502 g/mol. The second-order valence-electron chi connectivity index (χ2n) is 5.29. The first-order chi connectivity index (χ1) is 11.7. The first-order valence-corrected chi connectivity index (χ1v) is 7.79. The fourth-order valence-corrected chi connectivity index (χ4v) is 2.75. The van der Waals surface area contributed by atoms with Gasteiger partial charge in [0.1, 0.15) is 5.76 Å². The Morgan fingerprint density at radius 3 is 1.77 bits per heavy atom. The van der Waals surface area contributed by atoms with E-state index >= 15 is 0 Å². The van der Waals surface area contributed by atoms with E-state index in [9.17, 15) is 39.5 Å². The summed E-state index contributed by atoms with van der Waals surface area (Å²) in [5.41, 5.74) is -0.500. The third-order valence-corrected chi connectivity index (χ3v) is 4.84. The van der Waals surface area contributed by atoms with E-state index in [1.54, 1.807) is 6.07 Å². The standard InChI is InChI=1S/C15H8F9IO/c1-7-9(25)10(8-5-3-2-4-6-8)26-11(7)12(16,17)13(18,19)14(20,21)15(22,23)24/h2-6H,1H3. The number of furan rings is 1. The van der Waals surface area contributed by atoms with Crippen LogP contribution < -0.4 is 0 Å². The molecule has 2 aromatic rings. The quantitative estimate of drug-likeness (QED) is 0.332. The van der Waals surface area contributed by atoms with Crippen molar-refractivity contribution in [2.45, 2.75) is 30.9 Å². The van der Waals surface area contributed by atoms with Crippen LogP contribution in [0.3, 0.4) is 0 Å². The van der Waals surface area contributed by atoms with Crippen molar-refractivity contribution in [3.63, 3.8) is 0 Å². The van der Waals surface area contributed by atoms with Gasteiger partial charge in [0, 0.05) is 11.1 Å². The van der Waals surface area contributed by atoms with E-state index in [0.29, 0.717) is 0 Å². The van der Waals surface area contributed by atoms with Crippen LogP contribution in [-0.4, -0.2) is 18.0 Å². The SMILES string of the molecule is Cc1c(C(F)(F)C(F)(F)C(F)(F)C(F)(F)F)oc(-c2ccccc2)c1I. The Labute approximate surface area is 154 Å². The monoisotopic (exact) mass is 502 g/mol. The van der Waals surface area contributed by atoms with Crippen LogP contribution in [-0.2, 0) is 5.92 Å². The van der Waals surface area contributed by atoms with Gasteiger partial charge in [0.25, 0.3) is 0 Å². The molecule has 0 spiro atoms. The Balaban J connectivity index is 2.64. The van der Waals surface area contributed by atoms with Gasteiger partial charge < -0.3 is 4.42 Å². The molecule has 0 aliphatic heterocycles. The molecule has 1 aromatic carbocycles. The van der Waals surface area contributed by atoms with E-state index in [1.807, 2.05) is 0 Å². The molecule has 11 heteroatoms. The molecule has 0 atom stereocenters. The lowest BCUT2D eigenvalue weighted by atomic mass is 10.00. The van der Waals surface area contributed by atoms with Crippen LogP contribution in [0.4, 0.5) is 39.5 Å². The zero-order valence-corrected chi connectivity index (χ0v) is 14.7. The maximum Gasteiger partial charge on any atom is 0.460 e. The van der Waals surface area contributed by atoms with Gasteiger partial charge in [-0.25, -0.2) is 0 Å². The van der Waals surface area contributed by atoms with Crippen LogP contribution in [0.15, 0.2) is 34.7 Å². The van der Waals surface area contributed by atoms with E-state index in [4.69, 9.17) is 0 Å². The Hall–Kier alpha value is -1.40. The molecule has 0 N–H and O–H groups in total. The van der Waals surface area contributed by atoms with Gasteiger partial charge in [0.05, 0.1) is 3.57 Å². The van der Waals surface area contributed by atoms with E-state index < -0.39 is 35.3 Å². The highest BCUT2D eigenvalue weighted by molar-refractivity contribution is 14.1. The molecule has 0 fully saturated rings. The predicted molar refractivity (Wildman–Crippen MR) is 81.4 cm³/mol. The summed E-state index contributed by atoms with van der Waals surface area (Å²) in [6.07, 6.45) is -6.88. The van der Waals surface area contributed by atoms with Gasteiger partial charge in [0.2, 0.25) is 0 Å². The van der Waals surface area contributed by atoms with Crippen molar-refractivity contribution in [1.29, 1.82) is 0 Å². The summed E-state index contributed by atoms with van der Waals surface area (Å²) in [7, 11) is 0. The molecule has 0 saturated heterocycles. The Kier molecular flexibility index (Phi) is 5.10. The third-order valence-electron chi connectivity index (χ3n) is 3.54. The molecule has 0 saturated carbocycles. The third kappa shape index (κ3) is 2.97. The minimum absolute atomic E-state index is 0.116. The Morgan fingerprint density at radius 2 is 1.31 bits per heavy atom. The molecule has 1 nitrogen and oxygen atoms in total. The van der Waals surface area contributed by atoms with Crippen molar-refractivity contribution in [3.05, 3.63) is 45.2 Å². The summed E-state index contributed by atoms with van der Waals surface area (Å²) in [4.78, 5) is 0. The van der Waals surface area contributed by atoms with E-state index in [1.165, 1.54) is 46.9 Å². The fourth-order valence-electron chi connectivity index (χ4n) is 2.09. The number of hydrogen-bond acceptors (Lipinski definition) is 1. The van der Waals surface area contributed by atoms with Crippen molar-refractivity contribution >= 4 is 22.6 Å². The first-order valence-electron chi connectivity index (χ1n) is 6.71. The number of halogens is 10. The molecule has 0 amide bonds. The minimum atomic E-state index is -6.97. The zero-order valence-electron chi connectivity index (χ0n) is 12.6. The molecule has 0 unspecified atom stereocenters. The van der Waals surface area contributed by atoms with Crippen molar-refractivity contribution < 1.29 is 43.9 Å². The van der Waals surface area contributed by atoms with Crippen molar-refractivity contribution in [2.24, 2.45) is 0 Å². The van der Waals surface area contributed by atoms with E-state index in [0.717, 1.165) is 6.92 Å². The molecule has 26 heavy (non-hydrogen) atoms. The highest BCUT2D eigenvalue weighted by Gasteiger charge is 2.83. The van der Waals surface area contributed by atoms with Gasteiger partial charge in [-0.05, 0) is 29.5 Å². The Morgan fingerprint density at radius 1 is 0.808 bits per heavy atom. The van der Waals surface area contributed by atoms with E-state index in [2.05, 4.69) is 4.42 Å². The van der Waals surface area contributed by atoms with Gasteiger partial charge in [-0.1, -0.05) is 30.3 Å². The highest BCUT2D eigenvalue weighted by atomic mass is 127. The van der Waals surface area contributed by atoms with Crippen LogP contribution in [0, 0.1) is 10.5 Å². The molecule has 1 aromatic heterocycles. The maximum absolute atomic E-state index is 14.1. The lowest BCUT2D eigenvalue weighted by Crippen LogP contribution is -2.59.